The predicted octanol–water partition coefficient (Wildman–Crippen LogP) is 0.690. The van der Waals surface area contributed by atoms with Crippen LogP contribution in [-0.2, 0) is 4.74 Å². The summed E-state index contributed by atoms with van der Waals surface area (Å²) in [6.07, 6.45) is 2.56. The fourth-order valence-electron chi connectivity index (χ4n) is 0.510. The molecule has 0 aromatic carbocycles. The summed E-state index contributed by atoms with van der Waals surface area (Å²) in [6.45, 7) is 2.00. The zero-order chi connectivity index (χ0) is 7.11. The van der Waals surface area contributed by atoms with E-state index in [-0.39, 0.29) is 0 Å². The van der Waals surface area contributed by atoms with Gasteiger partial charge in [-0.15, -0.1) is 0 Å². The van der Waals surface area contributed by atoms with E-state index >= 15 is 0 Å². The van der Waals surface area contributed by atoms with E-state index in [0.717, 1.165) is 20.3 Å². The molecule has 0 aliphatic carbocycles. The first-order valence-electron chi connectivity index (χ1n) is 2.89. The highest BCUT2D eigenvalue weighted by molar-refractivity contribution is 4.43. The highest BCUT2D eigenvalue weighted by Gasteiger charge is 1.94. The lowest BCUT2D eigenvalue weighted by Gasteiger charge is -1.76. The van der Waals surface area contributed by atoms with Gasteiger partial charge in [-0.05, 0) is 12.8 Å². The molecule has 0 N–H and O–H groups in total. The van der Waals surface area contributed by atoms with E-state index in [0.29, 0.717) is 0 Å². The van der Waals surface area contributed by atoms with Crippen molar-refractivity contribution >= 4 is 0 Å². The van der Waals surface area contributed by atoms with Crippen molar-refractivity contribution in [2.75, 3.05) is 20.3 Å². The minimum Gasteiger partial charge on any atom is -0.381 e. The molecule has 1 aliphatic heterocycles. The van der Waals surface area contributed by atoms with Gasteiger partial charge in [-0.2, -0.15) is 0 Å². The maximum atomic E-state index is 8.81. The molecule has 0 amide bonds. The summed E-state index contributed by atoms with van der Waals surface area (Å²) < 4.78 is 4.94. The Labute approximate surface area is 54.0 Å². The highest BCUT2D eigenvalue weighted by atomic mass is 16.6. The molecule has 4 nitrogen and oxygen atoms in total. The van der Waals surface area contributed by atoms with Crippen molar-refractivity contribution < 1.29 is 9.66 Å². The van der Waals surface area contributed by atoms with Crippen molar-refractivity contribution in [2.45, 2.75) is 12.8 Å². The number of rotatable bonds is 0. The fourth-order valence-corrected chi connectivity index (χ4v) is 0.510. The Balaban J connectivity index is 0.000000148. The van der Waals surface area contributed by atoms with Crippen LogP contribution in [0.15, 0.2) is 0 Å². The van der Waals surface area contributed by atoms with Gasteiger partial charge in [-0.1, -0.05) is 0 Å². The second-order valence-corrected chi connectivity index (χ2v) is 1.76. The van der Waals surface area contributed by atoms with E-state index in [1.54, 1.807) is 0 Å². The second-order valence-electron chi connectivity index (χ2n) is 1.76. The Hall–Kier alpha value is -0.640. The molecule has 1 fully saturated rings. The average molecular weight is 133 g/mol. The molecule has 0 spiro atoms. The van der Waals surface area contributed by atoms with Crippen molar-refractivity contribution in [1.29, 1.82) is 0 Å². The van der Waals surface area contributed by atoms with Gasteiger partial charge in [-0.25, -0.2) is 0 Å². The summed E-state index contributed by atoms with van der Waals surface area (Å²) in [5, 5.41) is 8.81. The first-order valence-corrected chi connectivity index (χ1v) is 2.89. The molecular formula is C5H11NO3. The van der Waals surface area contributed by atoms with Gasteiger partial charge in [0.1, 0.15) is 0 Å². The average Bonchev–Trinajstić information content (AvgIpc) is 2.11. The lowest BCUT2D eigenvalue weighted by atomic mass is 10.4. The van der Waals surface area contributed by atoms with Crippen LogP contribution in [-0.4, -0.2) is 25.2 Å². The van der Waals surface area contributed by atoms with E-state index < -0.39 is 4.92 Å². The normalized spacial score (nSPS) is 16.1. The number of ether oxygens (including phenoxy) is 1. The molecule has 1 heterocycles. The zero-order valence-electron chi connectivity index (χ0n) is 5.50. The molecule has 0 unspecified atom stereocenters. The largest absolute Gasteiger partial charge is 0.381 e. The topological polar surface area (TPSA) is 52.4 Å². The number of nitrogens with zero attached hydrogens (tertiary/aromatic N) is 1. The molecule has 1 saturated heterocycles. The molecule has 0 aromatic rings. The van der Waals surface area contributed by atoms with E-state index in [9.17, 15) is 0 Å². The maximum absolute atomic E-state index is 8.81. The van der Waals surface area contributed by atoms with Crippen LogP contribution in [0.25, 0.3) is 0 Å². The fraction of sp³-hybridized carbons (Fsp3) is 1.00. The molecule has 1 rings (SSSR count). The Bertz CT molecular complexity index is 68.7. The van der Waals surface area contributed by atoms with Gasteiger partial charge in [0.2, 0.25) is 0 Å². The maximum Gasteiger partial charge on any atom is 0.194 e. The third kappa shape index (κ3) is 11.1. The first-order chi connectivity index (χ1) is 4.23. The van der Waals surface area contributed by atoms with Crippen molar-refractivity contribution in [3.05, 3.63) is 10.1 Å². The predicted molar refractivity (Wildman–Crippen MR) is 33.0 cm³/mol. The van der Waals surface area contributed by atoms with E-state index in [1.807, 2.05) is 0 Å². The van der Waals surface area contributed by atoms with Crippen LogP contribution in [0.2, 0.25) is 0 Å². The summed E-state index contributed by atoms with van der Waals surface area (Å²) in [5.41, 5.74) is 0. The molecule has 0 saturated carbocycles. The smallest absolute Gasteiger partial charge is 0.194 e. The zero-order valence-corrected chi connectivity index (χ0v) is 5.50. The van der Waals surface area contributed by atoms with Crippen molar-refractivity contribution in [2.24, 2.45) is 0 Å². The van der Waals surface area contributed by atoms with Gasteiger partial charge in [0.05, 0.1) is 0 Å². The second kappa shape index (κ2) is 5.50. The molecule has 0 atom stereocenters. The molecular weight excluding hydrogens is 122 g/mol. The minimum absolute atomic E-state index is 0.500. The Morgan fingerprint density at radius 1 is 1.44 bits per heavy atom. The van der Waals surface area contributed by atoms with Gasteiger partial charge >= 0.3 is 0 Å². The Morgan fingerprint density at radius 2 is 1.78 bits per heavy atom. The highest BCUT2D eigenvalue weighted by Crippen LogP contribution is 1.98. The molecule has 1 aliphatic rings. The quantitative estimate of drug-likeness (QED) is 0.361. The van der Waals surface area contributed by atoms with E-state index in [4.69, 9.17) is 14.9 Å². The monoisotopic (exact) mass is 133 g/mol. The van der Waals surface area contributed by atoms with Crippen LogP contribution < -0.4 is 0 Å². The van der Waals surface area contributed by atoms with Crippen molar-refractivity contribution in [1.82, 2.24) is 0 Å². The Kier molecular flexibility index (Phi) is 5.11. The molecule has 0 bridgehead atoms. The van der Waals surface area contributed by atoms with Crippen LogP contribution >= 0.6 is 0 Å². The van der Waals surface area contributed by atoms with Crippen LogP contribution in [0, 0.1) is 10.1 Å². The molecule has 0 radical (unpaired) electrons. The number of nitro groups is 1. The minimum atomic E-state index is -0.500. The third-order valence-electron chi connectivity index (χ3n) is 0.827. The van der Waals surface area contributed by atoms with Crippen LogP contribution in [0.1, 0.15) is 12.8 Å². The lowest BCUT2D eigenvalue weighted by Crippen LogP contribution is -1.79. The summed E-state index contributed by atoms with van der Waals surface area (Å²) >= 11 is 0. The van der Waals surface area contributed by atoms with Gasteiger partial charge in [0, 0.05) is 18.1 Å². The summed E-state index contributed by atoms with van der Waals surface area (Å²) in [7, 11) is 0.889. The summed E-state index contributed by atoms with van der Waals surface area (Å²) in [5.74, 6) is 0. The SMILES string of the molecule is C1CCOC1.C[N+](=O)[O-]. The van der Waals surface area contributed by atoms with Crippen LogP contribution in [0.4, 0.5) is 0 Å². The van der Waals surface area contributed by atoms with E-state index in [2.05, 4.69) is 0 Å². The van der Waals surface area contributed by atoms with Gasteiger partial charge in [0.15, 0.2) is 7.05 Å². The first kappa shape index (κ1) is 8.36. The molecule has 54 valence electrons. The summed E-state index contributed by atoms with van der Waals surface area (Å²) in [4.78, 5) is 8.31. The number of hydrogen-bond donors (Lipinski definition) is 0. The van der Waals surface area contributed by atoms with E-state index in [1.165, 1.54) is 12.8 Å². The van der Waals surface area contributed by atoms with Gasteiger partial charge in [0.25, 0.3) is 0 Å². The van der Waals surface area contributed by atoms with Crippen LogP contribution in [0.5, 0.6) is 0 Å². The van der Waals surface area contributed by atoms with Crippen molar-refractivity contribution in [3.63, 3.8) is 0 Å². The van der Waals surface area contributed by atoms with Crippen molar-refractivity contribution in [3.8, 4) is 0 Å². The third-order valence-corrected chi connectivity index (χ3v) is 0.827. The molecule has 9 heavy (non-hydrogen) atoms. The lowest BCUT2D eigenvalue weighted by molar-refractivity contribution is -0.445. The number of hydrogen-bond acceptors (Lipinski definition) is 3. The summed E-state index contributed by atoms with van der Waals surface area (Å²) in [6, 6.07) is 0. The standard InChI is InChI=1S/C4H8O.CH3NO2/c1-2-4-5-3-1;1-2(3)4/h1-4H2;1H3. The van der Waals surface area contributed by atoms with Crippen LogP contribution in [0.3, 0.4) is 0 Å². The van der Waals surface area contributed by atoms with Gasteiger partial charge < -0.3 is 4.74 Å². The Morgan fingerprint density at radius 3 is 1.89 bits per heavy atom. The molecule has 0 aromatic heterocycles. The molecule has 4 heteroatoms. The van der Waals surface area contributed by atoms with Gasteiger partial charge in [-0.3, -0.25) is 10.1 Å².